The predicted octanol–water partition coefficient (Wildman–Crippen LogP) is 2.10. The highest BCUT2D eigenvalue weighted by atomic mass is 35.5. The molecular weight excluding hydrogens is 194 g/mol. The standard InChI is InChI=1S/C8H8ClNO3/c9-7-2-1-6(13-7)5-3-4-12-8(11)10-5/h1-2,5H,3-4H2,(H,10,11)/t5-/m0/s1. The Bertz CT molecular complexity index is 323. The summed E-state index contributed by atoms with van der Waals surface area (Å²) in [6, 6.07) is 3.28. The number of nitrogens with one attached hydrogen (secondary N) is 1. The van der Waals surface area contributed by atoms with Crippen molar-refractivity contribution in [1.82, 2.24) is 5.32 Å². The van der Waals surface area contributed by atoms with Gasteiger partial charge in [-0.25, -0.2) is 4.79 Å². The van der Waals surface area contributed by atoms with Crippen LogP contribution in [-0.4, -0.2) is 12.7 Å². The predicted molar refractivity (Wildman–Crippen MR) is 45.6 cm³/mol. The molecule has 0 aromatic carbocycles. The first kappa shape index (κ1) is 8.44. The molecule has 0 aliphatic carbocycles. The van der Waals surface area contributed by atoms with Crippen molar-refractivity contribution in [3.05, 3.63) is 23.1 Å². The quantitative estimate of drug-likeness (QED) is 0.757. The molecule has 2 heterocycles. The molecule has 2 rings (SSSR count). The molecule has 1 aromatic rings. The summed E-state index contributed by atoms with van der Waals surface area (Å²) in [6.45, 7) is 0.412. The minimum absolute atomic E-state index is 0.117. The van der Waals surface area contributed by atoms with Crippen molar-refractivity contribution in [2.45, 2.75) is 12.5 Å². The van der Waals surface area contributed by atoms with E-state index in [1.165, 1.54) is 0 Å². The van der Waals surface area contributed by atoms with Crippen molar-refractivity contribution in [2.75, 3.05) is 6.61 Å². The second-order valence-corrected chi connectivity index (χ2v) is 3.14. The zero-order chi connectivity index (χ0) is 9.26. The topological polar surface area (TPSA) is 51.5 Å². The van der Waals surface area contributed by atoms with Crippen molar-refractivity contribution in [1.29, 1.82) is 0 Å². The first-order chi connectivity index (χ1) is 6.25. The molecular formula is C8H8ClNO3. The first-order valence-electron chi connectivity index (χ1n) is 3.94. The third-order valence-corrected chi connectivity index (χ3v) is 2.07. The van der Waals surface area contributed by atoms with Gasteiger partial charge >= 0.3 is 6.09 Å². The van der Waals surface area contributed by atoms with Crippen LogP contribution in [0.15, 0.2) is 16.5 Å². The number of hydrogen-bond acceptors (Lipinski definition) is 3. The Balaban J connectivity index is 2.12. The highest BCUT2D eigenvalue weighted by Crippen LogP contribution is 2.24. The van der Waals surface area contributed by atoms with Crippen molar-refractivity contribution < 1.29 is 13.9 Å². The molecule has 0 bridgehead atoms. The number of rotatable bonds is 1. The molecule has 13 heavy (non-hydrogen) atoms. The molecule has 0 radical (unpaired) electrons. The maximum atomic E-state index is 10.8. The van der Waals surface area contributed by atoms with Crippen LogP contribution < -0.4 is 5.32 Å². The lowest BCUT2D eigenvalue weighted by molar-refractivity contribution is 0.111. The van der Waals surface area contributed by atoms with E-state index in [0.29, 0.717) is 24.0 Å². The van der Waals surface area contributed by atoms with Gasteiger partial charge in [-0.1, -0.05) is 0 Å². The normalized spacial score (nSPS) is 22.2. The highest BCUT2D eigenvalue weighted by Gasteiger charge is 2.23. The summed E-state index contributed by atoms with van der Waals surface area (Å²) < 4.78 is 9.88. The summed E-state index contributed by atoms with van der Waals surface area (Å²) in [5.41, 5.74) is 0. The maximum Gasteiger partial charge on any atom is 0.407 e. The fourth-order valence-corrected chi connectivity index (χ4v) is 1.41. The summed E-state index contributed by atoms with van der Waals surface area (Å²) in [5, 5.41) is 2.96. The number of carbonyl (C=O) groups is 1. The number of ether oxygens (including phenoxy) is 1. The molecule has 1 fully saturated rings. The average molecular weight is 202 g/mol. The average Bonchev–Trinajstić information content (AvgIpc) is 2.52. The van der Waals surface area contributed by atoms with E-state index in [1.54, 1.807) is 12.1 Å². The van der Waals surface area contributed by atoms with Gasteiger partial charge in [0.05, 0.1) is 12.6 Å². The van der Waals surface area contributed by atoms with E-state index in [0.717, 1.165) is 0 Å². The van der Waals surface area contributed by atoms with Crippen LogP contribution in [0.5, 0.6) is 0 Å². The Morgan fingerprint density at radius 1 is 1.54 bits per heavy atom. The minimum atomic E-state index is -0.413. The van der Waals surface area contributed by atoms with Crippen LogP contribution in [0.25, 0.3) is 0 Å². The monoisotopic (exact) mass is 201 g/mol. The summed E-state index contributed by atoms with van der Waals surface area (Å²) in [6.07, 6.45) is 0.291. The number of halogens is 1. The zero-order valence-electron chi connectivity index (χ0n) is 6.75. The van der Waals surface area contributed by atoms with Gasteiger partial charge in [0.25, 0.3) is 0 Å². The van der Waals surface area contributed by atoms with Crippen LogP contribution >= 0.6 is 11.6 Å². The lowest BCUT2D eigenvalue weighted by atomic mass is 10.1. The van der Waals surface area contributed by atoms with Gasteiger partial charge in [-0.15, -0.1) is 0 Å². The van der Waals surface area contributed by atoms with E-state index in [4.69, 9.17) is 20.8 Å². The number of alkyl carbamates (subject to hydrolysis) is 1. The van der Waals surface area contributed by atoms with Crippen molar-refractivity contribution in [2.24, 2.45) is 0 Å². The summed E-state index contributed by atoms with van der Waals surface area (Å²) in [7, 11) is 0. The van der Waals surface area contributed by atoms with Gasteiger partial charge in [0.2, 0.25) is 0 Å². The van der Waals surface area contributed by atoms with E-state index in [-0.39, 0.29) is 6.04 Å². The van der Waals surface area contributed by atoms with E-state index < -0.39 is 6.09 Å². The Kier molecular flexibility index (Phi) is 2.14. The van der Waals surface area contributed by atoms with E-state index in [9.17, 15) is 4.79 Å². The minimum Gasteiger partial charge on any atom is -0.449 e. The molecule has 4 nitrogen and oxygen atoms in total. The zero-order valence-corrected chi connectivity index (χ0v) is 7.50. The fraction of sp³-hybridized carbons (Fsp3) is 0.375. The van der Waals surface area contributed by atoms with Crippen LogP contribution in [0.3, 0.4) is 0 Å². The second kappa shape index (κ2) is 3.30. The van der Waals surface area contributed by atoms with Crippen LogP contribution in [0.1, 0.15) is 18.2 Å². The van der Waals surface area contributed by atoms with Gasteiger partial charge in [0.15, 0.2) is 5.22 Å². The largest absolute Gasteiger partial charge is 0.449 e. The SMILES string of the molecule is O=C1N[C@H](c2ccc(Cl)o2)CCO1. The number of amides is 1. The van der Waals surface area contributed by atoms with Crippen LogP contribution in [0, 0.1) is 0 Å². The Hall–Kier alpha value is -1.16. The van der Waals surface area contributed by atoms with Gasteiger partial charge in [0.1, 0.15) is 5.76 Å². The summed E-state index contributed by atoms with van der Waals surface area (Å²) >= 11 is 5.61. The molecule has 0 saturated carbocycles. The molecule has 70 valence electrons. The Morgan fingerprint density at radius 3 is 3.00 bits per heavy atom. The Morgan fingerprint density at radius 2 is 2.38 bits per heavy atom. The van der Waals surface area contributed by atoms with Gasteiger partial charge in [0, 0.05) is 6.42 Å². The first-order valence-corrected chi connectivity index (χ1v) is 4.32. The van der Waals surface area contributed by atoms with Crippen LogP contribution in [0.2, 0.25) is 5.22 Å². The number of furan rings is 1. The smallest absolute Gasteiger partial charge is 0.407 e. The second-order valence-electron chi connectivity index (χ2n) is 2.76. The maximum absolute atomic E-state index is 10.8. The van der Waals surface area contributed by atoms with Gasteiger partial charge in [-0.2, -0.15) is 0 Å². The molecule has 1 aliphatic heterocycles. The molecule has 1 aromatic heterocycles. The lowest BCUT2D eigenvalue weighted by Crippen LogP contribution is -2.35. The van der Waals surface area contributed by atoms with Crippen LogP contribution in [0.4, 0.5) is 4.79 Å². The fourth-order valence-electron chi connectivity index (χ4n) is 1.25. The van der Waals surface area contributed by atoms with Crippen molar-refractivity contribution >= 4 is 17.7 Å². The number of cyclic esters (lactones) is 1. The van der Waals surface area contributed by atoms with Crippen molar-refractivity contribution in [3.63, 3.8) is 0 Å². The molecule has 1 aliphatic rings. The summed E-state index contributed by atoms with van der Waals surface area (Å²) in [4.78, 5) is 10.8. The van der Waals surface area contributed by atoms with E-state index in [2.05, 4.69) is 5.32 Å². The van der Waals surface area contributed by atoms with Crippen LogP contribution in [-0.2, 0) is 4.74 Å². The molecule has 1 amide bonds. The number of hydrogen-bond donors (Lipinski definition) is 1. The molecule has 1 N–H and O–H groups in total. The molecule has 0 unspecified atom stereocenters. The Labute approximate surface area is 79.8 Å². The number of carbonyl (C=O) groups excluding carboxylic acids is 1. The summed E-state index contributed by atoms with van der Waals surface area (Å²) in [5.74, 6) is 0.668. The molecule has 5 heteroatoms. The van der Waals surface area contributed by atoms with Gasteiger partial charge in [-0.3, -0.25) is 0 Å². The highest BCUT2D eigenvalue weighted by molar-refractivity contribution is 6.28. The molecule has 1 atom stereocenters. The van der Waals surface area contributed by atoms with Gasteiger partial charge < -0.3 is 14.5 Å². The third-order valence-electron chi connectivity index (χ3n) is 1.87. The lowest BCUT2D eigenvalue weighted by Gasteiger charge is -2.21. The van der Waals surface area contributed by atoms with E-state index in [1.807, 2.05) is 0 Å². The molecule has 0 spiro atoms. The molecule has 1 saturated heterocycles. The van der Waals surface area contributed by atoms with Gasteiger partial charge in [-0.05, 0) is 23.7 Å². The van der Waals surface area contributed by atoms with Crippen molar-refractivity contribution in [3.8, 4) is 0 Å². The third kappa shape index (κ3) is 1.78. The van der Waals surface area contributed by atoms with E-state index >= 15 is 0 Å².